The molecule has 0 unspecified atom stereocenters. The van der Waals surface area contributed by atoms with Crippen molar-refractivity contribution in [1.29, 1.82) is 0 Å². The summed E-state index contributed by atoms with van der Waals surface area (Å²) in [5.41, 5.74) is 1.11. The molecule has 2 aromatic rings. The van der Waals surface area contributed by atoms with Crippen LogP contribution in [0.3, 0.4) is 0 Å². The third-order valence-corrected chi connectivity index (χ3v) is 6.00. The molecule has 1 fully saturated rings. The second-order valence-electron chi connectivity index (χ2n) is 7.94. The second kappa shape index (κ2) is 8.78. The summed E-state index contributed by atoms with van der Waals surface area (Å²) in [6, 6.07) is 9.76. The van der Waals surface area contributed by atoms with Gasteiger partial charge in [0.25, 0.3) is 5.91 Å². The van der Waals surface area contributed by atoms with E-state index < -0.39 is 6.10 Å². The van der Waals surface area contributed by atoms with Crippen molar-refractivity contribution in [2.45, 2.75) is 57.1 Å². The Hall–Kier alpha value is -2.67. The molecule has 0 aliphatic heterocycles. The van der Waals surface area contributed by atoms with Gasteiger partial charge in [-0.1, -0.05) is 30.3 Å². The SMILES string of the molecule is CC(=O)NC[C@]1(c2ccccc2)CC[C@H](O)[C@@H](N(C)C(=O)c2coc(C)n2)CC1. The third-order valence-electron chi connectivity index (χ3n) is 6.00. The van der Waals surface area contributed by atoms with Crippen LogP contribution >= 0.6 is 0 Å². The Bertz CT molecular complexity index is 851. The maximum Gasteiger partial charge on any atom is 0.275 e. The number of likely N-dealkylation sites (N-methyl/N-ethyl adjacent to an activating group) is 1. The third kappa shape index (κ3) is 4.67. The Morgan fingerprint density at radius 3 is 2.59 bits per heavy atom. The topological polar surface area (TPSA) is 95.7 Å². The average Bonchev–Trinajstić information content (AvgIpc) is 3.07. The van der Waals surface area contributed by atoms with E-state index in [-0.39, 0.29) is 29.0 Å². The molecule has 7 nitrogen and oxygen atoms in total. The maximum atomic E-state index is 12.8. The van der Waals surface area contributed by atoms with E-state index in [1.165, 1.54) is 13.2 Å². The summed E-state index contributed by atoms with van der Waals surface area (Å²) in [4.78, 5) is 30.1. The van der Waals surface area contributed by atoms with Crippen molar-refractivity contribution in [3.05, 3.63) is 53.7 Å². The van der Waals surface area contributed by atoms with Gasteiger partial charge in [-0.05, 0) is 31.2 Å². The van der Waals surface area contributed by atoms with Gasteiger partial charge in [0.1, 0.15) is 6.26 Å². The molecule has 1 aromatic carbocycles. The van der Waals surface area contributed by atoms with Crippen LogP contribution in [-0.2, 0) is 10.2 Å². The molecule has 3 atom stereocenters. The van der Waals surface area contributed by atoms with Gasteiger partial charge in [0.2, 0.25) is 5.91 Å². The van der Waals surface area contributed by atoms with Gasteiger partial charge in [-0.2, -0.15) is 0 Å². The Kier molecular flexibility index (Phi) is 6.37. The molecule has 1 aliphatic carbocycles. The van der Waals surface area contributed by atoms with E-state index >= 15 is 0 Å². The molecule has 2 N–H and O–H groups in total. The molecule has 1 aliphatic rings. The summed E-state index contributed by atoms with van der Waals surface area (Å²) >= 11 is 0. The van der Waals surface area contributed by atoms with Gasteiger partial charge in [-0.15, -0.1) is 0 Å². The molecule has 7 heteroatoms. The molecule has 2 amide bonds. The van der Waals surface area contributed by atoms with Crippen molar-refractivity contribution in [1.82, 2.24) is 15.2 Å². The fourth-order valence-corrected chi connectivity index (χ4v) is 4.26. The van der Waals surface area contributed by atoms with Gasteiger partial charge in [0.05, 0.1) is 12.1 Å². The Morgan fingerprint density at radius 1 is 1.28 bits per heavy atom. The van der Waals surface area contributed by atoms with Crippen LogP contribution in [-0.4, -0.2) is 52.5 Å². The number of aryl methyl sites for hydroxylation is 1. The van der Waals surface area contributed by atoms with Crippen LogP contribution in [0.2, 0.25) is 0 Å². The van der Waals surface area contributed by atoms with E-state index in [0.29, 0.717) is 25.3 Å². The molecule has 0 spiro atoms. The number of aliphatic hydroxyl groups excluding tert-OH is 1. The number of carbonyl (C=O) groups is 2. The number of benzene rings is 1. The lowest BCUT2D eigenvalue weighted by Crippen LogP contribution is -2.44. The lowest BCUT2D eigenvalue weighted by atomic mass is 9.74. The largest absolute Gasteiger partial charge is 0.448 e. The zero-order chi connectivity index (χ0) is 21.0. The fraction of sp³-hybridized carbons (Fsp3) is 0.500. The lowest BCUT2D eigenvalue weighted by Gasteiger charge is -2.34. The molecule has 1 aromatic heterocycles. The van der Waals surface area contributed by atoms with Crippen molar-refractivity contribution in [3.8, 4) is 0 Å². The molecule has 0 saturated heterocycles. The number of hydrogen-bond acceptors (Lipinski definition) is 5. The van der Waals surface area contributed by atoms with Crippen molar-refractivity contribution < 1.29 is 19.1 Å². The number of amides is 2. The standard InChI is InChI=1S/C22H29N3O4/c1-15(26)23-14-22(17-7-5-4-6-8-17)11-9-19(20(27)10-12-22)25(3)21(28)18-13-29-16(2)24-18/h4-8,13,19-20,27H,9-12,14H2,1-3H3,(H,23,26)/t19-,20-,22+/m0/s1. The summed E-state index contributed by atoms with van der Waals surface area (Å²) in [6.07, 6.45) is 3.32. The molecule has 0 radical (unpaired) electrons. The van der Waals surface area contributed by atoms with Gasteiger partial charge in [-0.25, -0.2) is 4.98 Å². The first kappa shape index (κ1) is 21.0. The number of nitrogens with zero attached hydrogens (tertiary/aromatic N) is 2. The predicted octanol–water partition coefficient (Wildman–Crippen LogP) is 2.43. The van der Waals surface area contributed by atoms with Crippen LogP contribution in [0.4, 0.5) is 0 Å². The van der Waals surface area contributed by atoms with Crippen LogP contribution in [0.15, 0.2) is 41.0 Å². The lowest BCUT2D eigenvalue weighted by molar-refractivity contribution is -0.119. The fourth-order valence-electron chi connectivity index (χ4n) is 4.26. The minimum Gasteiger partial charge on any atom is -0.448 e. The smallest absolute Gasteiger partial charge is 0.275 e. The van der Waals surface area contributed by atoms with Crippen LogP contribution in [0, 0.1) is 6.92 Å². The first-order chi connectivity index (χ1) is 13.8. The molecule has 29 heavy (non-hydrogen) atoms. The Balaban J connectivity index is 1.82. The molecule has 1 heterocycles. The van der Waals surface area contributed by atoms with Gasteiger partial charge in [0.15, 0.2) is 11.6 Å². The Labute approximate surface area is 171 Å². The highest BCUT2D eigenvalue weighted by atomic mass is 16.3. The van der Waals surface area contributed by atoms with E-state index in [4.69, 9.17) is 4.42 Å². The minimum atomic E-state index is -0.653. The number of oxazole rings is 1. The van der Waals surface area contributed by atoms with Crippen molar-refractivity contribution in [3.63, 3.8) is 0 Å². The second-order valence-corrected chi connectivity index (χ2v) is 7.94. The van der Waals surface area contributed by atoms with E-state index in [1.54, 1.807) is 18.9 Å². The van der Waals surface area contributed by atoms with E-state index in [1.807, 2.05) is 18.2 Å². The first-order valence-corrected chi connectivity index (χ1v) is 10.00. The van der Waals surface area contributed by atoms with Gasteiger partial charge >= 0.3 is 0 Å². The monoisotopic (exact) mass is 399 g/mol. The predicted molar refractivity (Wildman–Crippen MR) is 108 cm³/mol. The zero-order valence-electron chi connectivity index (χ0n) is 17.2. The molecule has 1 saturated carbocycles. The highest BCUT2D eigenvalue weighted by Gasteiger charge is 2.40. The highest BCUT2D eigenvalue weighted by molar-refractivity contribution is 5.92. The number of aliphatic hydroxyl groups is 1. The number of aromatic nitrogens is 1. The summed E-state index contributed by atoms with van der Waals surface area (Å²) in [5.74, 6) is 0.0943. The number of nitrogens with one attached hydrogen (secondary N) is 1. The minimum absolute atomic E-state index is 0.0738. The zero-order valence-corrected chi connectivity index (χ0v) is 17.2. The molecular formula is C22H29N3O4. The van der Waals surface area contributed by atoms with E-state index in [9.17, 15) is 14.7 Å². The van der Waals surface area contributed by atoms with Crippen LogP contribution < -0.4 is 5.32 Å². The molecular weight excluding hydrogens is 370 g/mol. The Morgan fingerprint density at radius 2 is 1.97 bits per heavy atom. The summed E-state index contributed by atoms with van der Waals surface area (Å²) < 4.78 is 5.16. The van der Waals surface area contributed by atoms with Crippen LogP contribution in [0.25, 0.3) is 0 Å². The molecule has 3 rings (SSSR count). The number of hydrogen-bond donors (Lipinski definition) is 2. The maximum absolute atomic E-state index is 12.8. The number of carbonyl (C=O) groups excluding carboxylic acids is 2. The van der Waals surface area contributed by atoms with Gasteiger partial charge in [0, 0.05) is 32.9 Å². The van der Waals surface area contributed by atoms with Crippen molar-refractivity contribution >= 4 is 11.8 Å². The quantitative estimate of drug-likeness (QED) is 0.753. The van der Waals surface area contributed by atoms with Crippen molar-refractivity contribution in [2.24, 2.45) is 0 Å². The van der Waals surface area contributed by atoms with E-state index in [2.05, 4.69) is 22.4 Å². The summed E-state index contributed by atoms with van der Waals surface area (Å²) in [5, 5.41) is 13.8. The van der Waals surface area contributed by atoms with Gasteiger partial charge < -0.3 is 19.7 Å². The van der Waals surface area contributed by atoms with E-state index in [0.717, 1.165) is 18.4 Å². The van der Waals surface area contributed by atoms with Crippen LogP contribution in [0.1, 0.15) is 54.5 Å². The molecule has 0 bridgehead atoms. The molecule has 156 valence electrons. The average molecular weight is 399 g/mol. The van der Waals surface area contributed by atoms with Crippen molar-refractivity contribution in [2.75, 3.05) is 13.6 Å². The highest BCUT2D eigenvalue weighted by Crippen LogP contribution is 2.39. The summed E-state index contributed by atoms with van der Waals surface area (Å²) in [6.45, 7) is 3.71. The van der Waals surface area contributed by atoms with Crippen LogP contribution in [0.5, 0.6) is 0 Å². The normalized spacial score (nSPS) is 24.6. The summed E-state index contributed by atoms with van der Waals surface area (Å²) in [7, 11) is 1.70. The first-order valence-electron chi connectivity index (χ1n) is 10.00. The van der Waals surface area contributed by atoms with Gasteiger partial charge in [-0.3, -0.25) is 9.59 Å². The number of rotatable bonds is 5.